The van der Waals surface area contributed by atoms with Crippen LogP contribution in [-0.2, 0) is 4.79 Å². The summed E-state index contributed by atoms with van der Waals surface area (Å²) in [5.41, 5.74) is 0.480. The molecule has 0 unspecified atom stereocenters. The van der Waals surface area contributed by atoms with Crippen LogP contribution in [0.3, 0.4) is 0 Å². The second-order valence-corrected chi connectivity index (χ2v) is 4.11. The van der Waals surface area contributed by atoms with Gasteiger partial charge in [0.15, 0.2) is 18.2 Å². The van der Waals surface area contributed by atoms with Crippen LogP contribution in [0.4, 0.5) is 14.5 Å². The van der Waals surface area contributed by atoms with E-state index in [0.29, 0.717) is 17.5 Å². The Morgan fingerprint density at radius 1 is 1.14 bits per heavy atom. The highest BCUT2D eigenvalue weighted by Gasteiger charge is 2.10. The minimum atomic E-state index is -0.861. The maximum absolute atomic E-state index is 13.3. The number of nitrogens with one attached hydrogen (secondary N) is 1. The zero-order chi connectivity index (χ0) is 15.2. The molecule has 0 saturated carbocycles. The molecular formula is C15H13F2NO3. The summed E-state index contributed by atoms with van der Waals surface area (Å²) in [5, 5.41) is 2.58. The molecule has 2 aromatic rings. The van der Waals surface area contributed by atoms with Crippen molar-refractivity contribution in [2.75, 3.05) is 19.0 Å². The maximum Gasteiger partial charge on any atom is 0.262 e. The summed E-state index contributed by atoms with van der Waals surface area (Å²) in [6, 6.07) is 9.72. The number of hydrogen-bond acceptors (Lipinski definition) is 3. The molecule has 0 radical (unpaired) electrons. The van der Waals surface area contributed by atoms with Gasteiger partial charge in [0, 0.05) is 6.07 Å². The molecule has 0 saturated heterocycles. The Morgan fingerprint density at radius 2 is 1.90 bits per heavy atom. The fraction of sp³-hybridized carbons (Fsp3) is 0.133. The molecule has 0 spiro atoms. The molecule has 0 heterocycles. The van der Waals surface area contributed by atoms with Gasteiger partial charge in [0.2, 0.25) is 0 Å². The van der Waals surface area contributed by atoms with Crippen molar-refractivity contribution in [3.05, 3.63) is 54.1 Å². The maximum atomic E-state index is 13.3. The van der Waals surface area contributed by atoms with Gasteiger partial charge in [-0.3, -0.25) is 4.79 Å². The van der Waals surface area contributed by atoms with Gasteiger partial charge in [-0.25, -0.2) is 8.78 Å². The summed E-state index contributed by atoms with van der Waals surface area (Å²) >= 11 is 0. The van der Waals surface area contributed by atoms with Crippen LogP contribution in [0.1, 0.15) is 0 Å². The lowest BCUT2D eigenvalue weighted by Crippen LogP contribution is -2.20. The first-order chi connectivity index (χ1) is 10.1. The van der Waals surface area contributed by atoms with Crippen LogP contribution in [0.2, 0.25) is 0 Å². The Hall–Kier alpha value is -2.63. The van der Waals surface area contributed by atoms with Crippen molar-refractivity contribution in [1.29, 1.82) is 0 Å². The van der Waals surface area contributed by atoms with Crippen molar-refractivity contribution in [3.8, 4) is 11.5 Å². The van der Waals surface area contributed by atoms with Crippen molar-refractivity contribution in [3.63, 3.8) is 0 Å². The summed E-state index contributed by atoms with van der Waals surface area (Å²) in [5.74, 6) is -1.74. The van der Waals surface area contributed by atoms with E-state index < -0.39 is 24.1 Å². The van der Waals surface area contributed by atoms with Gasteiger partial charge in [0.1, 0.15) is 11.6 Å². The Kier molecular flexibility index (Phi) is 4.71. The number of methoxy groups -OCH3 is 1. The number of para-hydroxylation sites is 2. The number of rotatable bonds is 5. The minimum absolute atomic E-state index is 0.188. The number of benzene rings is 2. The molecule has 6 heteroatoms. The Labute approximate surface area is 120 Å². The molecule has 0 aliphatic heterocycles. The number of hydrogen-bond donors (Lipinski definition) is 1. The lowest BCUT2D eigenvalue weighted by Gasteiger charge is -2.10. The van der Waals surface area contributed by atoms with Crippen LogP contribution < -0.4 is 14.8 Å². The topological polar surface area (TPSA) is 47.6 Å². The van der Waals surface area contributed by atoms with Crippen molar-refractivity contribution < 1.29 is 23.0 Å². The summed E-state index contributed by atoms with van der Waals surface area (Å²) in [6.07, 6.45) is 0. The SMILES string of the molecule is COc1ccccc1NC(=O)COc1ccc(F)cc1F. The molecule has 0 atom stereocenters. The lowest BCUT2D eigenvalue weighted by atomic mass is 10.3. The molecule has 2 aromatic carbocycles. The predicted molar refractivity (Wildman–Crippen MR) is 73.5 cm³/mol. The van der Waals surface area contributed by atoms with Crippen LogP contribution in [-0.4, -0.2) is 19.6 Å². The van der Waals surface area contributed by atoms with Gasteiger partial charge in [-0.1, -0.05) is 12.1 Å². The van der Waals surface area contributed by atoms with Crippen molar-refractivity contribution >= 4 is 11.6 Å². The van der Waals surface area contributed by atoms with Gasteiger partial charge in [-0.2, -0.15) is 0 Å². The van der Waals surface area contributed by atoms with E-state index in [1.807, 2.05) is 0 Å². The van der Waals surface area contributed by atoms with Crippen molar-refractivity contribution in [2.24, 2.45) is 0 Å². The number of anilines is 1. The third-order valence-corrected chi connectivity index (χ3v) is 2.63. The molecule has 0 fully saturated rings. The molecule has 0 aromatic heterocycles. The Morgan fingerprint density at radius 3 is 2.62 bits per heavy atom. The van der Waals surface area contributed by atoms with Crippen LogP contribution in [0.5, 0.6) is 11.5 Å². The quantitative estimate of drug-likeness (QED) is 0.922. The van der Waals surface area contributed by atoms with Crippen LogP contribution in [0.15, 0.2) is 42.5 Å². The summed E-state index contributed by atoms with van der Waals surface area (Å²) in [7, 11) is 1.48. The van der Waals surface area contributed by atoms with Crippen LogP contribution in [0, 0.1) is 11.6 Å². The van der Waals surface area contributed by atoms with Crippen LogP contribution >= 0.6 is 0 Å². The average Bonchev–Trinajstić information content (AvgIpc) is 2.47. The fourth-order valence-corrected chi connectivity index (χ4v) is 1.67. The van der Waals surface area contributed by atoms with E-state index in [4.69, 9.17) is 9.47 Å². The summed E-state index contributed by atoms with van der Waals surface area (Å²) < 4.78 is 36.1. The molecular weight excluding hydrogens is 280 g/mol. The molecule has 1 N–H and O–H groups in total. The zero-order valence-corrected chi connectivity index (χ0v) is 11.2. The standard InChI is InChI=1S/C15H13F2NO3/c1-20-14-5-3-2-4-12(14)18-15(19)9-21-13-7-6-10(16)8-11(13)17/h2-8H,9H2,1H3,(H,18,19). The third-order valence-electron chi connectivity index (χ3n) is 2.63. The fourth-order valence-electron chi connectivity index (χ4n) is 1.67. The van der Waals surface area contributed by atoms with Gasteiger partial charge < -0.3 is 14.8 Å². The van der Waals surface area contributed by atoms with E-state index >= 15 is 0 Å². The van der Waals surface area contributed by atoms with Gasteiger partial charge in [0.05, 0.1) is 12.8 Å². The first kappa shape index (κ1) is 14.8. The molecule has 1 amide bonds. The first-order valence-corrected chi connectivity index (χ1v) is 6.11. The van der Waals surface area contributed by atoms with E-state index in [1.165, 1.54) is 7.11 Å². The van der Waals surface area contributed by atoms with Crippen molar-refractivity contribution in [2.45, 2.75) is 0 Å². The first-order valence-electron chi connectivity index (χ1n) is 6.11. The van der Waals surface area contributed by atoms with Gasteiger partial charge in [-0.15, -0.1) is 0 Å². The zero-order valence-electron chi connectivity index (χ0n) is 11.2. The van der Waals surface area contributed by atoms with Crippen LogP contribution in [0.25, 0.3) is 0 Å². The summed E-state index contributed by atoms with van der Waals surface area (Å²) in [6.45, 7) is -0.402. The smallest absolute Gasteiger partial charge is 0.262 e. The molecule has 21 heavy (non-hydrogen) atoms. The molecule has 0 aliphatic rings. The second-order valence-electron chi connectivity index (χ2n) is 4.11. The molecule has 0 bridgehead atoms. The Balaban J connectivity index is 1.96. The predicted octanol–water partition coefficient (Wildman–Crippen LogP) is 2.99. The number of halogens is 2. The second kappa shape index (κ2) is 6.69. The molecule has 110 valence electrons. The number of carbonyl (C=O) groups excluding carboxylic acids is 1. The highest BCUT2D eigenvalue weighted by molar-refractivity contribution is 5.93. The van der Waals surface area contributed by atoms with E-state index in [9.17, 15) is 13.6 Å². The Bertz CT molecular complexity index is 647. The molecule has 4 nitrogen and oxygen atoms in total. The van der Waals surface area contributed by atoms with E-state index in [-0.39, 0.29) is 5.75 Å². The summed E-state index contributed by atoms with van der Waals surface area (Å²) in [4.78, 5) is 11.7. The number of amides is 1. The normalized spacial score (nSPS) is 10.0. The van der Waals surface area contributed by atoms with Gasteiger partial charge in [0.25, 0.3) is 5.91 Å². The monoisotopic (exact) mass is 293 g/mol. The lowest BCUT2D eigenvalue weighted by molar-refractivity contribution is -0.118. The molecule has 0 aliphatic carbocycles. The highest BCUT2D eigenvalue weighted by Crippen LogP contribution is 2.23. The van der Waals surface area contributed by atoms with E-state index in [0.717, 1.165) is 12.1 Å². The molecule has 2 rings (SSSR count). The van der Waals surface area contributed by atoms with Gasteiger partial charge >= 0.3 is 0 Å². The van der Waals surface area contributed by atoms with Crippen molar-refractivity contribution in [1.82, 2.24) is 0 Å². The van der Waals surface area contributed by atoms with E-state index in [1.54, 1.807) is 24.3 Å². The van der Waals surface area contributed by atoms with Gasteiger partial charge in [-0.05, 0) is 24.3 Å². The third kappa shape index (κ3) is 3.92. The number of ether oxygens (including phenoxy) is 2. The minimum Gasteiger partial charge on any atom is -0.495 e. The largest absolute Gasteiger partial charge is 0.495 e. The number of carbonyl (C=O) groups is 1. The highest BCUT2D eigenvalue weighted by atomic mass is 19.1. The average molecular weight is 293 g/mol. The van der Waals surface area contributed by atoms with E-state index in [2.05, 4.69) is 5.32 Å².